The molecule has 0 radical (unpaired) electrons. The van der Waals surface area contributed by atoms with Crippen molar-refractivity contribution in [1.82, 2.24) is 9.97 Å². The molecule has 2 aromatic carbocycles. The summed E-state index contributed by atoms with van der Waals surface area (Å²) in [6, 6.07) is 12.0. The van der Waals surface area contributed by atoms with Crippen molar-refractivity contribution in [2.75, 3.05) is 10.6 Å². The molecule has 2 N–H and O–H groups in total. The molecule has 3 aromatic rings. The van der Waals surface area contributed by atoms with Crippen LogP contribution in [0.3, 0.4) is 0 Å². The van der Waals surface area contributed by atoms with Crippen molar-refractivity contribution in [2.24, 2.45) is 0 Å². The molecule has 0 spiro atoms. The summed E-state index contributed by atoms with van der Waals surface area (Å²) in [5.74, 6) is 0.0372. The van der Waals surface area contributed by atoms with Gasteiger partial charge in [0.15, 0.2) is 0 Å². The average Bonchev–Trinajstić information content (AvgIpc) is 2.60. The molecule has 1 amide bonds. The van der Waals surface area contributed by atoms with E-state index in [4.69, 9.17) is 34.8 Å². The lowest BCUT2D eigenvalue weighted by atomic mass is 10.3. The molecule has 25 heavy (non-hydrogen) atoms. The fraction of sp³-hybridized carbons (Fsp3) is 0. The minimum Gasteiger partial charge on any atom is -0.338 e. The van der Waals surface area contributed by atoms with E-state index in [0.717, 1.165) is 0 Å². The van der Waals surface area contributed by atoms with Crippen molar-refractivity contribution in [1.29, 1.82) is 0 Å². The molecule has 1 aromatic heterocycles. The van der Waals surface area contributed by atoms with Crippen LogP contribution >= 0.6 is 34.8 Å². The summed E-state index contributed by atoms with van der Waals surface area (Å²) in [7, 11) is 0. The summed E-state index contributed by atoms with van der Waals surface area (Å²) in [5.41, 5.74) is 1.29. The third-order valence-corrected chi connectivity index (χ3v) is 4.08. The van der Waals surface area contributed by atoms with E-state index in [-0.39, 0.29) is 5.69 Å². The van der Waals surface area contributed by atoms with Crippen molar-refractivity contribution in [2.45, 2.75) is 0 Å². The Hall–Kier alpha value is -2.34. The van der Waals surface area contributed by atoms with Crippen LogP contribution in [0.15, 0.2) is 54.9 Å². The van der Waals surface area contributed by atoms with Crippen LogP contribution < -0.4 is 10.6 Å². The third kappa shape index (κ3) is 4.39. The molecule has 0 bridgehead atoms. The molecule has 0 saturated carbocycles. The van der Waals surface area contributed by atoms with E-state index in [0.29, 0.717) is 32.3 Å². The topological polar surface area (TPSA) is 66.9 Å². The van der Waals surface area contributed by atoms with E-state index >= 15 is 0 Å². The molecular formula is C17H11Cl3N4O. The summed E-state index contributed by atoms with van der Waals surface area (Å²) in [4.78, 5) is 20.5. The molecule has 0 fully saturated rings. The highest BCUT2D eigenvalue weighted by Crippen LogP contribution is 2.26. The molecular weight excluding hydrogens is 383 g/mol. The van der Waals surface area contributed by atoms with Gasteiger partial charge in [0.05, 0.1) is 33.8 Å². The Morgan fingerprint density at radius 1 is 0.880 bits per heavy atom. The summed E-state index contributed by atoms with van der Waals surface area (Å²) in [6.07, 6.45) is 2.81. The van der Waals surface area contributed by atoms with Crippen LogP contribution in [0.1, 0.15) is 10.5 Å². The standard InChI is InChI=1S/C17H11Cl3N4O/c18-10-5-6-14(12(20)7-10)24-17(25)15-8-22-16(9-21-15)23-13-4-2-1-3-11(13)19/h1-9H,(H,22,23)(H,24,25). The Bertz CT molecular complexity index is 916. The minimum atomic E-state index is -0.430. The van der Waals surface area contributed by atoms with Crippen LogP contribution in [0.2, 0.25) is 15.1 Å². The second-order valence-electron chi connectivity index (χ2n) is 4.97. The maximum Gasteiger partial charge on any atom is 0.275 e. The highest BCUT2D eigenvalue weighted by atomic mass is 35.5. The first-order valence-corrected chi connectivity index (χ1v) is 8.26. The van der Waals surface area contributed by atoms with Gasteiger partial charge in [-0.05, 0) is 30.3 Å². The maximum absolute atomic E-state index is 12.2. The average molecular weight is 394 g/mol. The van der Waals surface area contributed by atoms with Gasteiger partial charge in [-0.25, -0.2) is 9.97 Å². The molecule has 0 atom stereocenters. The molecule has 0 saturated heterocycles. The number of hydrogen-bond donors (Lipinski definition) is 2. The van der Waals surface area contributed by atoms with Crippen molar-refractivity contribution >= 4 is 57.9 Å². The molecule has 5 nitrogen and oxygen atoms in total. The molecule has 8 heteroatoms. The van der Waals surface area contributed by atoms with E-state index < -0.39 is 5.91 Å². The van der Waals surface area contributed by atoms with Gasteiger partial charge in [0.2, 0.25) is 0 Å². The summed E-state index contributed by atoms with van der Waals surface area (Å²) >= 11 is 17.9. The number of anilines is 3. The van der Waals surface area contributed by atoms with Crippen LogP contribution in [0.25, 0.3) is 0 Å². The molecule has 0 unspecified atom stereocenters. The molecule has 126 valence electrons. The fourth-order valence-electron chi connectivity index (χ4n) is 1.99. The van der Waals surface area contributed by atoms with Crippen molar-refractivity contribution in [3.8, 4) is 0 Å². The van der Waals surface area contributed by atoms with Crippen LogP contribution in [-0.2, 0) is 0 Å². The van der Waals surface area contributed by atoms with E-state index in [2.05, 4.69) is 20.6 Å². The van der Waals surface area contributed by atoms with E-state index in [1.54, 1.807) is 24.3 Å². The molecule has 0 aliphatic carbocycles. The number of rotatable bonds is 4. The molecule has 3 rings (SSSR count). The molecule has 0 aliphatic rings. The lowest BCUT2D eigenvalue weighted by molar-refractivity contribution is 0.102. The highest BCUT2D eigenvalue weighted by Gasteiger charge is 2.11. The highest BCUT2D eigenvalue weighted by molar-refractivity contribution is 6.36. The third-order valence-electron chi connectivity index (χ3n) is 3.20. The normalized spacial score (nSPS) is 10.4. The largest absolute Gasteiger partial charge is 0.338 e. The second kappa shape index (κ2) is 7.70. The van der Waals surface area contributed by atoms with Crippen LogP contribution in [0.5, 0.6) is 0 Å². The Morgan fingerprint density at radius 3 is 2.36 bits per heavy atom. The van der Waals surface area contributed by atoms with Crippen molar-refractivity contribution in [3.63, 3.8) is 0 Å². The number of nitrogens with one attached hydrogen (secondary N) is 2. The Balaban J connectivity index is 1.71. The SMILES string of the molecule is O=C(Nc1ccc(Cl)cc1Cl)c1cnc(Nc2ccccc2Cl)cn1. The van der Waals surface area contributed by atoms with Crippen molar-refractivity contribution < 1.29 is 4.79 Å². The number of aromatic nitrogens is 2. The number of benzene rings is 2. The van der Waals surface area contributed by atoms with Crippen LogP contribution in [0, 0.1) is 0 Å². The quantitative estimate of drug-likeness (QED) is 0.620. The number of hydrogen-bond acceptors (Lipinski definition) is 4. The Morgan fingerprint density at radius 2 is 1.68 bits per heavy atom. The number of halogens is 3. The first-order chi connectivity index (χ1) is 12.0. The number of para-hydroxylation sites is 1. The van der Waals surface area contributed by atoms with Gasteiger partial charge in [-0.1, -0.05) is 46.9 Å². The van der Waals surface area contributed by atoms with Gasteiger partial charge >= 0.3 is 0 Å². The first-order valence-electron chi connectivity index (χ1n) is 7.13. The van der Waals surface area contributed by atoms with Gasteiger partial charge in [-0.15, -0.1) is 0 Å². The fourth-order valence-corrected chi connectivity index (χ4v) is 2.63. The second-order valence-corrected chi connectivity index (χ2v) is 6.22. The van der Waals surface area contributed by atoms with E-state index in [9.17, 15) is 4.79 Å². The number of carbonyl (C=O) groups is 1. The predicted octanol–water partition coefficient (Wildman–Crippen LogP) is 5.43. The van der Waals surface area contributed by atoms with Gasteiger partial charge in [0.25, 0.3) is 5.91 Å². The van der Waals surface area contributed by atoms with Crippen LogP contribution in [-0.4, -0.2) is 15.9 Å². The van der Waals surface area contributed by atoms with Gasteiger partial charge in [-0.2, -0.15) is 0 Å². The summed E-state index contributed by atoms with van der Waals surface area (Å²) < 4.78 is 0. The molecule has 0 aliphatic heterocycles. The predicted molar refractivity (Wildman–Crippen MR) is 101 cm³/mol. The lowest BCUT2D eigenvalue weighted by Crippen LogP contribution is -2.14. The van der Waals surface area contributed by atoms with E-state index in [1.165, 1.54) is 12.4 Å². The number of nitrogens with zero attached hydrogens (tertiary/aromatic N) is 2. The van der Waals surface area contributed by atoms with Gasteiger partial charge in [0.1, 0.15) is 11.5 Å². The summed E-state index contributed by atoms with van der Waals surface area (Å²) in [6.45, 7) is 0. The van der Waals surface area contributed by atoms with Crippen LogP contribution in [0.4, 0.5) is 17.2 Å². The number of carbonyl (C=O) groups excluding carboxylic acids is 1. The zero-order chi connectivity index (χ0) is 17.8. The van der Waals surface area contributed by atoms with Gasteiger partial charge < -0.3 is 10.6 Å². The summed E-state index contributed by atoms with van der Waals surface area (Å²) in [5, 5.41) is 7.07. The monoisotopic (exact) mass is 392 g/mol. The van der Waals surface area contributed by atoms with Gasteiger partial charge in [0, 0.05) is 5.02 Å². The van der Waals surface area contributed by atoms with E-state index in [1.807, 2.05) is 18.2 Å². The molecule has 1 heterocycles. The number of amides is 1. The maximum atomic E-state index is 12.2. The zero-order valence-corrected chi connectivity index (χ0v) is 14.9. The minimum absolute atomic E-state index is 0.149. The zero-order valence-electron chi connectivity index (χ0n) is 12.6. The van der Waals surface area contributed by atoms with Crippen molar-refractivity contribution in [3.05, 3.63) is 75.6 Å². The Kier molecular flexibility index (Phi) is 5.38. The smallest absolute Gasteiger partial charge is 0.275 e. The first kappa shape index (κ1) is 17.5. The lowest BCUT2D eigenvalue weighted by Gasteiger charge is -2.09. The Labute approximate surface area is 159 Å². The van der Waals surface area contributed by atoms with Gasteiger partial charge in [-0.3, -0.25) is 4.79 Å².